The molecule has 0 bridgehead atoms. The van der Waals surface area contributed by atoms with Crippen LogP contribution in [-0.2, 0) is 0 Å². The molecule has 0 heterocycles. The van der Waals surface area contributed by atoms with Gasteiger partial charge in [0.15, 0.2) is 0 Å². The topological polar surface area (TPSA) is 20.2 Å². The number of rotatable bonds is 2. The molecule has 1 heteroatoms. The quantitative estimate of drug-likeness (QED) is 0.605. The fraction of sp³-hybridized carbons (Fsp3) is 0.800. The highest BCUT2D eigenvalue weighted by Crippen LogP contribution is 2.26. The summed E-state index contributed by atoms with van der Waals surface area (Å²) in [5.41, 5.74) is 0. The number of hydrogen-bond donors (Lipinski definition) is 1. The minimum atomic E-state index is 0.321. The Hall–Kier alpha value is -0.300. The molecule has 0 radical (unpaired) electrons. The van der Waals surface area contributed by atoms with Crippen molar-refractivity contribution >= 4 is 0 Å². The molecule has 0 spiro atoms. The van der Waals surface area contributed by atoms with E-state index in [1.54, 1.807) is 0 Å². The third-order valence-electron chi connectivity index (χ3n) is 2.59. The maximum Gasteiger partial charge on any atom is 0.0493 e. The third kappa shape index (κ3) is 2.33. The largest absolute Gasteiger partial charge is 0.396 e. The van der Waals surface area contributed by atoms with Crippen LogP contribution in [0.1, 0.15) is 26.7 Å². The summed E-state index contributed by atoms with van der Waals surface area (Å²) < 4.78 is 0. The molecule has 0 unspecified atom stereocenters. The van der Waals surface area contributed by atoms with Crippen molar-refractivity contribution in [3.05, 3.63) is 12.2 Å². The highest BCUT2D eigenvalue weighted by molar-refractivity contribution is 4.98. The second kappa shape index (κ2) is 3.91. The molecule has 1 N–H and O–H groups in total. The summed E-state index contributed by atoms with van der Waals surface area (Å²) in [4.78, 5) is 0. The van der Waals surface area contributed by atoms with Crippen molar-refractivity contribution in [3.63, 3.8) is 0 Å². The average Bonchev–Trinajstić information content (AvgIpc) is 2.05. The zero-order valence-electron chi connectivity index (χ0n) is 7.46. The summed E-state index contributed by atoms with van der Waals surface area (Å²) in [7, 11) is 0. The van der Waals surface area contributed by atoms with E-state index in [1.807, 2.05) is 0 Å². The summed E-state index contributed by atoms with van der Waals surface area (Å²) in [6, 6.07) is 0. The lowest BCUT2D eigenvalue weighted by molar-refractivity contribution is 0.228. The van der Waals surface area contributed by atoms with E-state index in [-0.39, 0.29) is 0 Å². The van der Waals surface area contributed by atoms with Crippen LogP contribution < -0.4 is 0 Å². The van der Waals surface area contributed by atoms with Gasteiger partial charge >= 0.3 is 0 Å². The average molecular weight is 154 g/mol. The van der Waals surface area contributed by atoms with Crippen LogP contribution in [0.2, 0.25) is 0 Å². The monoisotopic (exact) mass is 154 g/mol. The van der Waals surface area contributed by atoms with Crippen molar-refractivity contribution in [1.82, 2.24) is 0 Å². The molecule has 0 amide bonds. The molecule has 1 rings (SSSR count). The standard InChI is InChI=1S/C10H18O/c1-8(2)10-5-3-9(7-11)4-6-10/h3,5,8-11H,4,6-7H2,1-2H3/t9-,10-/m1/s1. The molecule has 0 saturated heterocycles. The van der Waals surface area contributed by atoms with Gasteiger partial charge < -0.3 is 5.11 Å². The molecule has 0 aliphatic heterocycles. The Balaban J connectivity index is 2.42. The van der Waals surface area contributed by atoms with Crippen molar-refractivity contribution < 1.29 is 5.11 Å². The van der Waals surface area contributed by atoms with E-state index in [2.05, 4.69) is 26.0 Å². The van der Waals surface area contributed by atoms with Gasteiger partial charge in [0.2, 0.25) is 0 Å². The fourth-order valence-corrected chi connectivity index (χ4v) is 1.61. The summed E-state index contributed by atoms with van der Waals surface area (Å²) in [6.07, 6.45) is 6.86. The van der Waals surface area contributed by atoms with Crippen molar-refractivity contribution in [2.24, 2.45) is 17.8 Å². The van der Waals surface area contributed by atoms with E-state index in [0.29, 0.717) is 12.5 Å². The predicted molar refractivity (Wildman–Crippen MR) is 47.3 cm³/mol. The summed E-state index contributed by atoms with van der Waals surface area (Å²) in [5, 5.41) is 8.86. The molecule has 0 saturated carbocycles. The summed E-state index contributed by atoms with van der Waals surface area (Å²) in [6.45, 7) is 4.84. The summed E-state index contributed by atoms with van der Waals surface area (Å²) >= 11 is 0. The van der Waals surface area contributed by atoms with Crippen molar-refractivity contribution in [2.45, 2.75) is 26.7 Å². The number of allylic oxidation sites excluding steroid dienone is 1. The Kier molecular flexibility index (Phi) is 3.13. The maximum absolute atomic E-state index is 8.86. The first-order valence-corrected chi connectivity index (χ1v) is 4.53. The van der Waals surface area contributed by atoms with Crippen LogP contribution in [0.25, 0.3) is 0 Å². The lowest BCUT2D eigenvalue weighted by Gasteiger charge is -2.23. The minimum Gasteiger partial charge on any atom is -0.396 e. The lowest BCUT2D eigenvalue weighted by Crippen LogP contribution is -2.15. The van der Waals surface area contributed by atoms with Gasteiger partial charge in [-0.25, -0.2) is 0 Å². The molecule has 1 aliphatic rings. The van der Waals surface area contributed by atoms with Gasteiger partial charge in [-0.05, 0) is 30.6 Å². The highest BCUT2D eigenvalue weighted by Gasteiger charge is 2.16. The summed E-state index contributed by atoms with van der Waals surface area (Å²) in [5.74, 6) is 1.94. The van der Waals surface area contributed by atoms with Crippen LogP contribution in [0.3, 0.4) is 0 Å². The van der Waals surface area contributed by atoms with Crippen LogP contribution >= 0.6 is 0 Å². The fourth-order valence-electron chi connectivity index (χ4n) is 1.61. The molecule has 11 heavy (non-hydrogen) atoms. The van der Waals surface area contributed by atoms with Gasteiger partial charge in [-0.1, -0.05) is 26.0 Å². The van der Waals surface area contributed by atoms with Crippen LogP contribution in [0.15, 0.2) is 12.2 Å². The molecule has 1 aliphatic carbocycles. The smallest absolute Gasteiger partial charge is 0.0493 e. The molecular weight excluding hydrogens is 136 g/mol. The number of aliphatic hydroxyl groups excluding tert-OH is 1. The van der Waals surface area contributed by atoms with Gasteiger partial charge in [-0.2, -0.15) is 0 Å². The zero-order chi connectivity index (χ0) is 8.27. The van der Waals surface area contributed by atoms with E-state index in [4.69, 9.17) is 5.11 Å². The molecule has 0 aromatic rings. The Bertz CT molecular complexity index is 138. The van der Waals surface area contributed by atoms with E-state index < -0.39 is 0 Å². The Morgan fingerprint density at radius 2 is 2.09 bits per heavy atom. The first-order valence-electron chi connectivity index (χ1n) is 4.53. The van der Waals surface area contributed by atoms with E-state index in [0.717, 1.165) is 18.3 Å². The number of hydrogen-bond acceptors (Lipinski definition) is 1. The molecule has 64 valence electrons. The number of aliphatic hydroxyl groups is 1. The van der Waals surface area contributed by atoms with Crippen molar-refractivity contribution in [1.29, 1.82) is 0 Å². The van der Waals surface area contributed by atoms with Gasteiger partial charge in [-0.3, -0.25) is 0 Å². The van der Waals surface area contributed by atoms with Gasteiger partial charge in [0.05, 0.1) is 0 Å². The van der Waals surface area contributed by atoms with Crippen LogP contribution in [-0.4, -0.2) is 11.7 Å². The normalized spacial score (nSPS) is 31.3. The van der Waals surface area contributed by atoms with Crippen LogP contribution in [0, 0.1) is 17.8 Å². The second-order valence-electron chi connectivity index (χ2n) is 3.81. The molecule has 0 fully saturated rings. The van der Waals surface area contributed by atoms with Gasteiger partial charge in [-0.15, -0.1) is 0 Å². The third-order valence-corrected chi connectivity index (χ3v) is 2.59. The zero-order valence-corrected chi connectivity index (χ0v) is 7.46. The molecule has 1 nitrogen and oxygen atoms in total. The van der Waals surface area contributed by atoms with E-state index in [9.17, 15) is 0 Å². The first-order chi connectivity index (χ1) is 5.24. The highest BCUT2D eigenvalue weighted by atomic mass is 16.3. The Morgan fingerprint density at radius 1 is 1.36 bits per heavy atom. The van der Waals surface area contributed by atoms with Gasteiger partial charge in [0, 0.05) is 6.61 Å². The molecule has 2 atom stereocenters. The van der Waals surface area contributed by atoms with Gasteiger partial charge in [0.1, 0.15) is 0 Å². The van der Waals surface area contributed by atoms with Crippen LogP contribution in [0.5, 0.6) is 0 Å². The second-order valence-corrected chi connectivity index (χ2v) is 3.81. The van der Waals surface area contributed by atoms with E-state index in [1.165, 1.54) is 6.42 Å². The Labute approximate surface area is 69.1 Å². The lowest BCUT2D eigenvalue weighted by atomic mass is 9.83. The first kappa shape index (κ1) is 8.79. The molecule has 0 aromatic heterocycles. The molecular formula is C10H18O. The van der Waals surface area contributed by atoms with Crippen LogP contribution in [0.4, 0.5) is 0 Å². The van der Waals surface area contributed by atoms with E-state index >= 15 is 0 Å². The maximum atomic E-state index is 8.86. The Morgan fingerprint density at radius 3 is 2.45 bits per heavy atom. The molecule has 0 aromatic carbocycles. The van der Waals surface area contributed by atoms with Crippen molar-refractivity contribution in [2.75, 3.05) is 6.61 Å². The van der Waals surface area contributed by atoms with Gasteiger partial charge in [0.25, 0.3) is 0 Å². The SMILES string of the molecule is CC(C)[C@@H]1C=C[C@@H](CO)CC1. The predicted octanol–water partition coefficient (Wildman–Crippen LogP) is 2.22. The van der Waals surface area contributed by atoms with Crippen molar-refractivity contribution in [3.8, 4) is 0 Å². The minimum absolute atomic E-state index is 0.321.